The van der Waals surface area contributed by atoms with Gasteiger partial charge in [-0.15, -0.1) is 0 Å². The second kappa shape index (κ2) is 35.8. The molecule has 0 saturated heterocycles. The van der Waals surface area contributed by atoms with Crippen LogP contribution < -0.4 is 0 Å². The van der Waals surface area contributed by atoms with Crippen LogP contribution in [-0.4, -0.2) is 80.6 Å². The van der Waals surface area contributed by atoms with E-state index in [0.717, 1.165) is 57.8 Å². The Morgan fingerprint density at radius 3 is 1.64 bits per heavy atom. The molecule has 0 spiro atoms. The van der Waals surface area contributed by atoms with Crippen molar-refractivity contribution in [2.75, 3.05) is 41.0 Å². The highest BCUT2D eigenvalue weighted by atomic mass is 16.6. The van der Waals surface area contributed by atoms with Crippen LogP contribution in [0.15, 0.2) is 72.9 Å². The zero-order chi connectivity index (χ0) is 39.3. The van der Waals surface area contributed by atoms with Gasteiger partial charge < -0.3 is 23.8 Å². The smallest absolute Gasteiger partial charge is 0.362 e. The highest BCUT2D eigenvalue weighted by molar-refractivity contribution is 5.72. The van der Waals surface area contributed by atoms with Crippen molar-refractivity contribution in [2.24, 2.45) is 0 Å². The quantitative estimate of drug-likeness (QED) is 0.0299. The van der Waals surface area contributed by atoms with Crippen LogP contribution in [-0.2, 0) is 28.6 Å². The largest absolute Gasteiger partial charge is 0.477 e. The molecule has 0 bridgehead atoms. The third-order valence-corrected chi connectivity index (χ3v) is 8.62. The van der Waals surface area contributed by atoms with E-state index in [1.165, 1.54) is 44.9 Å². The molecule has 53 heavy (non-hydrogen) atoms. The summed E-state index contributed by atoms with van der Waals surface area (Å²) in [6.07, 6.45) is 44.0. The Hall–Kier alpha value is -3.23. The van der Waals surface area contributed by atoms with E-state index in [-0.39, 0.29) is 36.7 Å². The summed E-state index contributed by atoms with van der Waals surface area (Å²) in [5.74, 6) is -1.65. The molecule has 2 atom stereocenters. The van der Waals surface area contributed by atoms with Crippen LogP contribution in [0.5, 0.6) is 0 Å². The molecule has 1 N–H and O–H groups in total. The number of hydrogen-bond acceptors (Lipinski definition) is 6. The monoisotopic (exact) mass is 743 g/mol. The second-order valence-corrected chi connectivity index (χ2v) is 14.5. The maximum atomic E-state index is 12.6. The van der Waals surface area contributed by atoms with Crippen molar-refractivity contribution < 1.29 is 38.2 Å². The lowest BCUT2D eigenvalue weighted by atomic mass is 10.1. The minimum atomic E-state index is -0.893. The van der Waals surface area contributed by atoms with Gasteiger partial charge in [0.25, 0.3) is 0 Å². The molecule has 0 aliphatic heterocycles. The van der Waals surface area contributed by atoms with Crippen molar-refractivity contribution in [1.29, 1.82) is 0 Å². The van der Waals surface area contributed by atoms with E-state index in [1.807, 2.05) is 27.2 Å². The fraction of sp³-hybridized carbons (Fsp3) is 0.667. The third-order valence-electron chi connectivity index (χ3n) is 8.62. The van der Waals surface area contributed by atoms with Crippen LogP contribution in [0, 0.1) is 0 Å². The minimum absolute atomic E-state index is 0.0153. The number of aliphatic carboxylic acids is 1. The second-order valence-electron chi connectivity index (χ2n) is 14.5. The lowest BCUT2D eigenvalue weighted by Gasteiger charge is -2.31. The lowest BCUT2D eigenvalue weighted by Crippen LogP contribution is -2.50. The van der Waals surface area contributed by atoms with Gasteiger partial charge in [-0.1, -0.05) is 132 Å². The summed E-state index contributed by atoms with van der Waals surface area (Å²) in [5, 5.41) is 9.59. The summed E-state index contributed by atoms with van der Waals surface area (Å²) in [5.41, 5.74) is 0. The topological polar surface area (TPSA) is 99.1 Å². The normalized spacial score (nSPS) is 13.8. The Labute approximate surface area is 323 Å². The van der Waals surface area contributed by atoms with Gasteiger partial charge in [-0.3, -0.25) is 9.59 Å². The zero-order valence-corrected chi connectivity index (χ0v) is 34.2. The van der Waals surface area contributed by atoms with Crippen LogP contribution >= 0.6 is 0 Å². The molecule has 302 valence electrons. The predicted octanol–water partition coefficient (Wildman–Crippen LogP) is 10.8. The van der Waals surface area contributed by atoms with Crippen molar-refractivity contribution in [3.05, 3.63) is 72.9 Å². The SMILES string of the molecule is CC/C=C\C/C=C\C/C=C\C/C=C\C/C=C\CC(=O)OC(COCCC(C(=O)O)[N+](C)(C)C)COC(=O)CCCCCCC/C=C\CCCCCCC. The predicted molar refractivity (Wildman–Crippen MR) is 220 cm³/mol. The number of quaternary nitrogens is 1. The number of hydrogen-bond donors (Lipinski definition) is 1. The summed E-state index contributed by atoms with van der Waals surface area (Å²) in [4.78, 5) is 36.8. The van der Waals surface area contributed by atoms with Gasteiger partial charge >= 0.3 is 17.9 Å². The van der Waals surface area contributed by atoms with Crippen molar-refractivity contribution >= 4 is 17.9 Å². The summed E-state index contributed by atoms with van der Waals surface area (Å²) < 4.78 is 17.1. The van der Waals surface area contributed by atoms with Gasteiger partial charge in [0.15, 0.2) is 12.1 Å². The fourth-order valence-electron chi connectivity index (χ4n) is 5.45. The van der Waals surface area contributed by atoms with E-state index in [4.69, 9.17) is 14.2 Å². The molecule has 0 aliphatic carbocycles. The van der Waals surface area contributed by atoms with Crippen LogP contribution in [0.3, 0.4) is 0 Å². The van der Waals surface area contributed by atoms with Crippen LogP contribution in [0.4, 0.5) is 0 Å². The molecule has 8 heteroatoms. The number of nitrogens with zero attached hydrogens (tertiary/aromatic N) is 1. The highest BCUT2D eigenvalue weighted by Crippen LogP contribution is 2.12. The molecular weight excluding hydrogens is 666 g/mol. The number of esters is 2. The van der Waals surface area contributed by atoms with E-state index in [1.54, 1.807) is 6.08 Å². The molecule has 0 saturated carbocycles. The van der Waals surface area contributed by atoms with E-state index in [0.29, 0.717) is 19.3 Å². The number of likely N-dealkylation sites (N-methyl/N-ethyl adjacent to an activating group) is 1. The molecule has 0 radical (unpaired) electrons. The van der Waals surface area contributed by atoms with E-state index < -0.39 is 24.1 Å². The van der Waals surface area contributed by atoms with Crippen molar-refractivity contribution in [1.82, 2.24) is 0 Å². The summed E-state index contributed by atoms with van der Waals surface area (Å²) in [7, 11) is 5.48. The first-order valence-electron chi connectivity index (χ1n) is 20.5. The molecule has 0 aromatic heterocycles. The van der Waals surface area contributed by atoms with E-state index >= 15 is 0 Å². The summed E-state index contributed by atoms with van der Waals surface area (Å²) in [6.45, 7) is 4.47. The average Bonchev–Trinajstić information content (AvgIpc) is 3.11. The lowest BCUT2D eigenvalue weighted by molar-refractivity contribution is -0.887. The van der Waals surface area contributed by atoms with Crippen LogP contribution in [0.1, 0.15) is 142 Å². The minimum Gasteiger partial charge on any atom is -0.477 e. The molecule has 8 nitrogen and oxygen atoms in total. The highest BCUT2D eigenvalue weighted by Gasteiger charge is 2.31. The molecule has 0 aromatic rings. The standard InChI is InChI=1S/C45H75NO7/c1-6-8-10-12-14-16-18-20-22-24-26-28-30-32-34-36-44(48)53-41(39-51-38-37-42(45(49)50)46(3,4)5)40-52-43(47)35-33-31-29-27-25-23-21-19-17-15-13-11-9-7-2/h8,10,14,16,19-22,26,28,32,34,41-42H,6-7,9,11-13,15,17-18,23-25,27,29-31,33,35-40H2,1-5H3/p+1/b10-8-,16-14-,21-19-,22-20-,28-26-,34-32-. The van der Waals surface area contributed by atoms with Gasteiger partial charge in [0.2, 0.25) is 0 Å². The van der Waals surface area contributed by atoms with Crippen LogP contribution in [0.25, 0.3) is 0 Å². The fourth-order valence-corrected chi connectivity index (χ4v) is 5.45. The Kier molecular flexibility index (Phi) is 33.6. The number of carbonyl (C=O) groups excluding carboxylic acids is 2. The van der Waals surface area contributed by atoms with E-state index in [2.05, 4.69) is 74.6 Å². The van der Waals surface area contributed by atoms with Gasteiger partial charge in [-0.2, -0.15) is 0 Å². The molecule has 0 aromatic carbocycles. The van der Waals surface area contributed by atoms with E-state index in [9.17, 15) is 19.5 Å². The van der Waals surface area contributed by atoms with Gasteiger partial charge in [-0.05, 0) is 64.2 Å². The number of allylic oxidation sites excluding steroid dienone is 11. The molecule has 0 rings (SSSR count). The first-order valence-corrected chi connectivity index (χ1v) is 20.5. The zero-order valence-electron chi connectivity index (χ0n) is 34.2. The number of ether oxygens (including phenoxy) is 3. The van der Waals surface area contributed by atoms with Crippen molar-refractivity contribution in [3.8, 4) is 0 Å². The molecule has 0 amide bonds. The Morgan fingerprint density at radius 2 is 1.11 bits per heavy atom. The van der Waals surface area contributed by atoms with Crippen LogP contribution in [0.2, 0.25) is 0 Å². The Bertz CT molecular complexity index is 1100. The van der Waals surface area contributed by atoms with Gasteiger partial charge in [0, 0.05) is 12.8 Å². The molecular formula is C45H76NO7+. The maximum Gasteiger partial charge on any atom is 0.362 e. The van der Waals surface area contributed by atoms with Crippen molar-refractivity contribution in [3.63, 3.8) is 0 Å². The molecule has 0 fully saturated rings. The average molecular weight is 743 g/mol. The molecule has 0 aliphatic rings. The Balaban J connectivity index is 4.56. The summed E-state index contributed by atoms with van der Waals surface area (Å²) >= 11 is 0. The number of carbonyl (C=O) groups is 3. The number of carboxylic acids is 1. The third kappa shape index (κ3) is 34.3. The molecule has 2 unspecified atom stereocenters. The first kappa shape index (κ1) is 49.8. The number of rotatable bonds is 35. The summed E-state index contributed by atoms with van der Waals surface area (Å²) in [6, 6.07) is -0.634. The van der Waals surface area contributed by atoms with Gasteiger partial charge in [0.05, 0.1) is 40.8 Å². The Morgan fingerprint density at radius 1 is 0.604 bits per heavy atom. The van der Waals surface area contributed by atoms with Gasteiger partial charge in [-0.25, -0.2) is 4.79 Å². The number of carboxylic acid groups (broad SMARTS) is 1. The molecule has 0 heterocycles. The first-order chi connectivity index (χ1) is 25.6. The van der Waals surface area contributed by atoms with Crippen molar-refractivity contribution in [2.45, 2.75) is 154 Å². The maximum absolute atomic E-state index is 12.6. The van der Waals surface area contributed by atoms with Gasteiger partial charge in [0.1, 0.15) is 6.61 Å². The number of unbranched alkanes of at least 4 members (excludes halogenated alkanes) is 10.